The number of halogens is 3. The number of benzene rings is 3. The van der Waals surface area contributed by atoms with E-state index in [2.05, 4.69) is 20.5 Å². The molecule has 0 saturated heterocycles. The average Bonchev–Trinajstić information content (AvgIpc) is 2.77. The molecule has 0 saturated carbocycles. The summed E-state index contributed by atoms with van der Waals surface area (Å²) in [6.07, 6.45) is -4.57. The first-order chi connectivity index (χ1) is 15.6. The van der Waals surface area contributed by atoms with Crippen molar-refractivity contribution in [1.82, 2.24) is 15.2 Å². The molecular weight excluding hydrogens is 452 g/mol. The fourth-order valence-electron chi connectivity index (χ4n) is 3.36. The SMILES string of the molecule is COc1ccccc1-c1cc(C(F)(F)F)cc2nnc(Nc3ccc(P(C)(C)=O)cc3)nc12. The van der Waals surface area contributed by atoms with E-state index in [4.69, 9.17) is 4.74 Å². The van der Waals surface area contributed by atoms with E-state index in [-0.39, 0.29) is 22.5 Å². The van der Waals surface area contributed by atoms with E-state index in [0.717, 1.165) is 17.4 Å². The Morgan fingerprint density at radius 1 is 0.939 bits per heavy atom. The van der Waals surface area contributed by atoms with Crippen LogP contribution >= 0.6 is 7.14 Å². The van der Waals surface area contributed by atoms with Crippen LogP contribution in [0.25, 0.3) is 22.2 Å². The summed E-state index contributed by atoms with van der Waals surface area (Å²) in [7, 11) is -0.947. The van der Waals surface area contributed by atoms with Gasteiger partial charge in [0.05, 0.1) is 12.7 Å². The highest BCUT2D eigenvalue weighted by Crippen LogP contribution is 2.39. The van der Waals surface area contributed by atoms with Gasteiger partial charge in [0.15, 0.2) is 0 Å². The van der Waals surface area contributed by atoms with E-state index in [0.29, 0.717) is 17.0 Å². The van der Waals surface area contributed by atoms with Crippen molar-refractivity contribution >= 4 is 35.1 Å². The second-order valence-corrected chi connectivity index (χ2v) is 11.0. The van der Waals surface area contributed by atoms with Crippen molar-refractivity contribution in [3.05, 3.63) is 66.2 Å². The van der Waals surface area contributed by atoms with Gasteiger partial charge in [0, 0.05) is 22.1 Å². The molecule has 6 nitrogen and oxygen atoms in total. The van der Waals surface area contributed by atoms with Gasteiger partial charge < -0.3 is 14.6 Å². The fraction of sp³-hybridized carbons (Fsp3) is 0.174. The summed E-state index contributed by atoms with van der Waals surface area (Å²) in [4.78, 5) is 4.45. The summed E-state index contributed by atoms with van der Waals surface area (Å²) in [6, 6.07) is 15.7. The van der Waals surface area contributed by atoms with Crippen LogP contribution in [0.1, 0.15) is 5.56 Å². The van der Waals surface area contributed by atoms with Gasteiger partial charge in [-0.15, -0.1) is 10.2 Å². The summed E-state index contributed by atoms with van der Waals surface area (Å²) in [5.41, 5.74) is 0.695. The molecule has 1 N–H and O–H groups in total. The maximum atomic E-state index is 13.5. The Morgan fingerprint density at radius 3 is 2.27 bits per heavy atom. The Bertz CT molecular complexity index is 1370. The molecule has 4 aromatic rings. The molecule has 0 aliphatic heterocycles. The van der Waals surface area contributed by atoms with Crippen LogP contribution in [0.2, 0.25) is 0 Å². The first-order valence-electron chi connectivity index (χ1n) is 9.88. The standard InChI is InChI=1S/C23H20F3N4O2P/c1-32-20-7-5-4-6-17(20)18-12-14(23(24,25)26)13-19-21(18)28-22(30-29-19)27-15-8-10-16(11-9-15)33(2,3)31/h4-13H,1-3H3,(H,27,28,30). The molecule has 0 bridgehead atoms. The van der Waals surface area contributed by atoms with Gasteiger partial charge in [-0.25, -0.2) is 4.98 Å². The van der Waals surface area contributed by atoms with Crippen LogP contribution < -0.4 is 15.4 Å². The molecule has 0 aliphatic carbocycles. The third-order valence-corrected chi connectivity index (χ3v) is 6.57. The highest BCUT2D eigenvalue weighted by molar-refractivity contribution is 7.70. The van der Waals surface area contributed by atoms with Gasteiger partial charge in [0.25, 0.3) is 0 Å². The van der Waals surface area contributed by atoms with Crippen molar-refractivity contribution in [3.8, 4) is 16.9 Å². The lowest BCUT2D eigenvalue weighted by Gasteiger charge is -2.14. The van der Waals surface area contributed by atoms with Crippen molar-refractivity contribution in [1.29, 1.82) is 0 Å². The van der Waals surface area contributed by atoms with E-state index in [1.807, 2.05) is 0 Å². The Kier molecular flexibility index (Phi) is 5.84. The third kappa shape index (κ3) is 4.83. The zero-order valence-electron chi connectivity index (χ0n) is 18.0. The van der Waals surface area contributed by atoms with Crippen LogP contribution in [0.15, 0.2) is 60.7 Å². The second kappa shape index (κ2) is 8.48. The van der Waals surface area contributed by atoms with Gasteiger partial charge in [-0.1, -0.05) is 18.2 Å². The molecule has 0 amide bonds. The van der Waals surface area contributed by atoms with Crippen LogP contribution in [0, 0.1) is 0 Å². The Labute approximate surface area is 188 Å². The van der Waals surface area contributed by atoms with E-state index in [1.54, 1.807) is 61.9 Å². The van der Waals surface area contributed by atoms with Gasteiger partial charge in [0.2, 0.25) is 5.95 Å². The van der Waals surface area contributed by atoms with Gasteiger partial charge >= 0.3 is 6.18 Å². The summed E-state index contributed by atoms with van der Waals surface area (Å²) < 4.78 is 58.2. The van der Waals surface area contributed by atoms with Crippen LogP contribution in [-0.4, -0.2) is 35.6 Å². The summed E-state index contributed by atoms with van der Waals surface area (Å²) in [5, 5.41) is 11.7. The number of nitrogens with one attached hydrogen (secondary N) is 1. The molecule has 0 spiro atoms. The van der Waals surface area contributed by atoms with Crippen LogP contribution in [0.4, 0.5) is 24.8 Å². The summed E-state index contributed by atoms with van der Waals surface area (Å²) in [6.45, 7) is 3.36. The average molecular weight is 472 g/mol. The lowest BCUT2D eigenvalue weighted by Crippen LogP contribution is -2.08. The number of nitrogens with zero attached hydrogens (tertiary/aromatic N) is 3. The molecule has 10 heteroatoms. The minimum atomic E-state index is -4.57. The van der Waals surface area contributed by atoms with E-state index >= 15 is 0 Å². The molecule has 3 aromatic carbocycles. The fourth-order valence-corrected chi connectivity index (χ4v) is 4.23. The van der Waals surface area contributed by atoms with Crippen molar-refractivity contribution in [2.24, 2.45) is 0 Å². The van der Waals surface area contributed by atoms with E-state index in [1.165, 1.54) is 7.11 Å². The molecule has 0 atom stereocenters. The number of alkyl halides is 3. The maximum Gasteiger partial charge on any atom is 0.416 e. The van der Waals surface area contributed by atoms with Crippen LogP contribution in [-0.2, 0) is 10.7 Å². The molecule has 0 unspecified atom stereocenters. The number of anilines is 2. The number of ether oxygens (including phenoxy) is 1. The lowest BCUT2D eigenvalue weighted by atomic mass is 9.99. The zero-order valence-corrected chi connectivity index (χ0v) is 18.9. The number of hydrogen-bond acceptors (Lipinski definition) is 6. The third-order valence-electron chi connectivity index (χ3n) is 5.03. The van der Waals surface area contributed by atoms with Crippen molar-refractivity contribution < 1.29 is 22.5 Å². The molecule has 1 heterocycles. The number of rotatable bonds is 5. The monoisotopic (exact) mass is 472 g/mol. The second-order valence-electron chi connectivity index (χ2n) is 7.75. The normalized spacial score (nSPS) is 12.1. The van der Waals surface area contributed by atoms with Gasteiger partial charge in [-0.05, 0) is 55.8 Å². The highest BCUT2D eigenvalue weighted by atomic mass is 31.2. The van der Waals surface area contributed by atoms with E-state index in [9.17, 15) is 17.7 Å². The molecule has 170 valence electrons. The highest BCUT2D eigenvalue weighted by Gasteiger charge is 2.32. The van der Waals surface area contributed by atoms with E-state index < -0.39 is 18.9 Å². The first-order valence-corrected chi connectivity index (χ1v) is 12.5. The summed E-state index contributed by atoms with van der Waals surface area (Å²) >= 11 is 0. The van der Waals surface area contributed by atoms with Gasteiger partial charge in [-0.2, -0.15) is 13.2 Å². The summed E-state index contributed by atoms with van der Waals surface area (Å²) in [5.74, 6) is 0.521. The molecule has 0 aliphatic rings. The molecule has 0 radical (unpaired) electrons. The Hall–Kier alpha value is -3.45. The number of aromatic nitrogens is 3. The molecule has 1 aromatic heterocycles. The number of hydrogen-bond donors (Lipinski definition) is 1. The Balaban J connectivity index is 1.83. The van der Waals surface area contributed by atoms with Crippen molar-refractivity contribution in [3.63, 3.8) is 0 Å². The van der Waals surface area contributed by atoms with Crippen LogP contribution in [0.5, 0.6) is 5.75 Å². The molecule has 4 rings (SSSR count). The number of para-hydroxylation sites is 1. The number of methoxy groups -OCH3 is 1. The first kappa shape index (κ1) is 22.7. The van der Waals surface area contributed by atoms with Crippen molar-refractivity contribution in [2.45, 2.75) is 6.18 Å². The van der Waals surface area contributed by atoms with Gasteiger partial charge in [-0.3, -0.25) is 0 Å². The minimum Gasteiger partial charge on any atom is -0.496 e. The zero-order chi connectivity index (χ0) is 23.8. The Morgan fingerprint density at radius 2 is 1.64 bits per heavy atom. The predicted molar refractivity (Wildman–Crippen MR) is 123 cm³/mol. The maximum absolute atomic E-state index is 13.5. The topological polar surface area (TPSA) is 77.0 Å². The minimum absolute atomic E-state index is 0.00420. The lowest BCUT2D eigenvalue weighted by molar-refractivity contribution is -0.137. The van der Waals surface area contributed by atoms with Gasteiger partial charge in [0.1, 0.15) is 23.9 Å². The van der Waals surface area contributed by atoms with Crippen molar-refractivity contribution in [2.75, 3.05) is 25.8 Å². The smallest absolute Gasteiger partial charge is 0.416 e. The molecule has 33 heavy (non-hydrogen) atoms. The van der Waals surface area contributed by atoms with Crippen LogP contribution in [0.3, 0.4) is 0 Å². The predicted octanol–water partition coefficient (Wildman–Crippen LogP) is 5.71. The largest absolute Gasteiger partial charge is 0.496 e. The number of fused-ring (bicyclic) bond motifs is 1. The molecular formula is C23H20F3N4O2P. The quantitative estimate of drug-likeness (QED) is 0.375. The molecule has 0 fully saturated rings.